The van der Waals surface area contributed by atoms with Crippen molar-refractivity contribution in [3.8, 4) is 0 Å². The van der Waals surface area contributed by atoms with Gasteiger partial charge < -0.3 is 4.90 Å². The van der Waals surface area contributed by atoms with Crippen LogP contribution in [-0.4, -0.2) is 24.2 Å². The van der Waals surface area contributed by atoms with Gasteiger partial charge in [0.1, 0.15) is 0 Å². The number of hydrogen-bond acceptors (Lipinski definition) is 4. The Morgan fingerprint density at radius 3 is 2.77 bits per heavy atom. The number of amides is 1. The third kappa shape index (κ3) is 3.44. The summed E-state index contributed by atoms with van der Waals surface area (Å²) < 4.78 is 0. The Hall–Kier alpha value is -2.40. The molecular formula is C21H25N3OS. The summed E-state index contributed by atoms with van der Waals surface area (Å²) in [6.07, 6.45) is 4.04. The molecule has 1 N–H and O–H groups in total. The fraction of sp³-hybridized carbons (Fsp3) is 0.333. The zero-order valence-electron chi connectivity index (χ0n) is 16.0. The summed E-state index contributed by atoms with van der Waals surface area (Å²) in [5, 5.41) is 6.03. The molecule has 1 aliphatic rings. The van der Waals surface area contributed by atoms with Crippen molar-refractivity contribution in [2.75, 3.05) is 11.4 Å². The van der Waals surface area contributed by atoms with Crippen molar-refractivity contribution in [2.45, 2.75) is 40.2 Å². The molecule has 1 aliphatic heterocycles. The SMILES string of the molecule is CCN1c2cc(C)c(/C=N\NC(=O)c3cccs3)cc2C(C)=CC1(C)C. The van der Waals surface area contributed by atoms with E-state index >= 15 is 0 Å². The molecule has 1 aromatic heterocycles. The molecule has 0 saturated heterocycles. The van der Waals surface area contributed by atoms with Crippen LogP contribution in [0.15, 0.2) is 40.8 Å². The van der Waals surface area contributed by atoms with Crippen LogP contribution in [0.25, 0.3) is 5.57 Å². The van der Waals surface area contributed by atoms with Gasteiger partial charge in [-0.25, -0.2) is 5.43 Å². The van der Waals surface area contributed by atoms with E-state index in [9.17, 15) is 4.79 Å². The number of fused-ring (bicyclic) bond motifs is 1. The second kappa shape index (κ2) is 7.08. The molecule has 1 aromatic carbocycles. The van der Waals surface area contributed by atoms with Crippen molar-refractivity contribution >= 4 is 34.7 Å². The van der Waals surface area contributed by atoms with E-state index in [0.717, 1.165) is 17.7 Å². The van der Waals surface area contributed by atoms with E-state index in [1.54, 1.807) is 12.3 Å². The average Bonchev–Trinajstić information content (AvgIpc) is 3.10. The Bertz CT molecular complexity index is 879. The number of rotatable bonds is 4. The van der Waals surface area contributed by atoms with Crippen LogP contribution in [0.4, 0.5) is 5.69 Å². The summed E-state index contributed by atoms with van der Waals surface area (Å²) in [5.41, 5.74) is 8.51. The molecule has 0 bridgehead atoms. The first kappa shape index (κ1) is 18.4. The Morgan fingerprint density at radius 1 is 1.35 bits per heavy atom. The maximum Gasteiger partial charge on any atom is 0.281 e. The van der Waals surface area contributed by atoms with Crippen molar-refractivity contribution in [1.29, 1.82) is 0 Å². The molecule has 2 heterocycles. The maximum absolute atomic E-state index is 12.0. The van der Waals surface area contributed by atoms with Crippen LogP contribution in [0.2, 0.25) is 0 Å². The van der Waals surface area contributed by atoms with E-state index in [0.29, 0.717) is 4.88 Å². The number of hydrazone groups is 1. The molecule has 26 heavy (non-hydrogen) atoms. The number of thiophene rings is 1. The van der Waals surface area contributed by atoms with Gasteiger partial charge in [0.15, 0.2) is 0 Å². The number of likely N-dealkylation sites (N-methyl/N-ethyl adjacent to an activating group) is 1. The van der Waals surface area contributed by atoms with E-state index < -0.39 is 0 Å². The van der Waals surface area contributed by atoms with Crippen LogP contribution in [0.5, 0.6) is 0 Å². The maximum atomic E-state index is 12.0. The van der Waals surface area contributed by atoms with Crippen molar-refractivity contribution in [2.24, 2.45) is 5.10 Å². The molecule has 0 radical (unpaired) electrons. The van der Waals surface area contributed by atoms with Crippen molar-refractivity contribution in [3.63, 3.8) is 0 Å². The largest absolute Gasteiger partial charge is 0.363 e. The van der Waals surface area contributed by atoms with Gasteiger partial charge in [-0.1, -0.05) is 12.1 Å². The van der Waals surface area contributed by atoms with Crippen LogP contribution in [-0.2, 0) is 0 Å². The number of nitrogens with zero attached hydrogens (tertiary/aromatic N) is 2. The molecule has 0 spiro atoms. The lowest BCUT2D eigenvalue weighted by atomic mass is 9.87. The van der Waals surface area contributed by atoms with Crippen LogP contribution >= 0.6 is 11.3 Å². The zero-order chi connectivity index (χ0) is 18.9. The first-order valence-electron chi connectivity index (χ1n) is 8.82. The van der Waals surface area contributed by atoms with Gasteiger partial charge in [-0.05, 0) is 74.9 Å². The highest BCUT2D eigenvalue weighted by molar-refractivity contribution is 7.12. The number of carbonyl (C=O) groups excluding carboxylic acids is 1. The molecule has 2 aromatic rings. The van der Waals surface area contributed by atoms with Gasteiger partial charge in [-0.2, -0.15) is 5.10 Å². The summed E-state index contributed by atoms with van der Waals surface area (Å²) in [6.45, 7) is 11.9. The summed E-state index contributed by atoms with van der Waals surface area (Å²) in [6, 6.07) is 8.02. The Balaban J connectivity index is 1.88. The third-order valence-corrected chi connectivity index (χ3v) is 5.66. The van der Waals surface area contributed by atoms with Gasteiger partial charge in [0.2, 0.25) is 0 Å². The van der Waals surface area contributed by atoms with Gasteiger partial charge in [0, 0.05) is 17.8 Å². The number of hydrogen-bond donors (Lipinski definition) is 1. The minimum absolute atomic E-state index is 0.00254. The highest BCUT2D eigenvalue weighted by Gasteiger charge is 2.30. The summed E-state index contributed by atoms with van der Waals surface area (Å²) >= 11 is 1.40. The highest BCUT2D eigenvalue weighted by Crippen LogP contribution is 2.39. The van der Waals surface area contributed by atoms with E-state index in [4.69, 9.17) is 0 Å². The van der Waals surface area contributed by atoms with E-state index in [1.165, 1.54) is 28.2 Å². The molecule has 0 aliphatic carbocycles. The summed E-state index contributed by atoms with van der Waals surface area (Å²) in [7, 11) is 0. The van der Waals surface area contributed by atoms with Crippen LogP contribution < -0.4 is 10.3 Å². The Morgan fingerprint density at radius 2 is 2.12 bits per heavy atom. The van der Waals surface area contributed by atoms with Gasteiger partial charge in [-0.3, -0.25) is 4.79 Å². The lowest BCUT2D eigenvalue weighted by Gasteiger charge is -2.43. The lowest BCUT2D eigenvalue weighted by molar-refractivity contribution is 0.0959. The lowest BCUT2D eigenvalue weighted by Crippen LogP contribution is -2.45. The predicted molar refractivity (Wildman–Crippen MR) is 111 cm³/mol. The monoisotopic (exact) mass is 367 g/mol. The Kier molecular flexibility index (Phi) is 5.01. The molecule has 1 amide bonds. The summed E-state index contributed by atoms with van der Waals surface area (Å²) in [4.78, 5) is 15.1. The molecule has 136 valence electrons. The quantitative estimate of drug-likeness (QED) is 0.621. The second-order valence-electron chi connectivity index (χ2n) is 7.13. The molecule has 4 nitrogen and oxygen atoms in total. The van der Waals surface area contributed by atoms with Crippen LogP contribution in [0.1, 0.15) is 54.1 Å². The molecule has 5 heteroatoms. The minimum Gasteiger partial charge on any atom is -0.363 e. The van der Waals surface area contributed by atoms with E-state index in [2.05, 4.69) is 68.3 Å². The van der Waals surface area contributed by atoms with Gasteiger partial charge >= 0.3 is 0 Å². The number of carbonyl (C=O) groups is 1. The van der Waals surface area contributed by atoms with Crippen molar-refractivity contribution < 1.29 is 4.79 Å². The Labute approximate surface area is 159 Å². The second-order valence-corrected chi connectivity index (χ2v) is 8.08. The predicted octanol–water partition coefficient (Wildman–Crippen LogP) is 4.84. The highest BCUT2D eigenvalue weighted by atomic mass is 32.1. The van der Waals surface area contributed by atoms with E-state index in [-0.39, 0.29) is 11.4 Å². The van der Waals surface area contributed by atoms with Crippen LogP contribution in [0.3, 0.4) is 0 Å². The fourth-order valence-corrected chi connectivity index (χ4v) is 4.20. The van der Waals surface area contributed by atoms with E-state index in [1.807, 2.05) is 11.4 Å². The number of anilines is 1. The zero-order valence-corrected chi connectivity index (χ0v) is 16.8. The van der Waals surface area contributed by atoms with Gasteiger partial charge in [0.25, 0.3) is 5.91 Å². The third-order valence-electron chi connectivity index (χ3n) is 4.80. The molecule has 0 atom stereocenters. The van der Waals surface area contributed by atoms with Crippen LogP contribution in [0, 0.1) is 6.92 Å². The number of benzene rings is 1. The number of allylic oxidation sites excluding steroid dienone is 1. The fourth-order valence-electron chi connectivity index (χ4n) is 3.58. The number of nitrogens with one attached hydrogen (secondary N) is 1. The number of aryl methyl sites for hydroxylation is 1. The summed E-state index contributed by atoms with van der Waals surface area (Å²) in [5.74, 6) is -0.179. The molecular weight excluding hydrogens is 342 g/mol. The van der Waals surface area contributed by atoms with Crippen molar-refractivity contribution in [3.05, 3.63) is 57.3 Å². The standard InChI is InChI=1S/C21H25N3OS/c1-6-24-18-10-14(2)16(11-17(18)15(3)12-21(24,4)5)13-22-23-20(25)19-8-7-9-26-19/h7-13H,6H2,1-5H3,(H,23,25)/b22-13-. The average molecular weight is 368 g/mol. The first-order valence-corrected chi connectivity index (χ1v) is 9.70. The normalized spacial score (nSPS) is 15.7. The van der Waals surface area contributed by atoms with Crippen molar-refractivity contribution in [1.82, 2.24) is 5.43 Å². The van der Waals surface area contributed by atoms with Gasteiger partial charge in [0.05, 0.1) is 16.6 Å². The first-order chi connectivity index (χ1) is 12.3. The van der Waals surface area contributed by atoms with Gasteiger partial charge in [-0.15, -0.1) is 11.3 Å². The molecule has 0 unspecified atom stereocenters. The molecule has 3 rings (SSSR count). The minimum atomic E-state index is -0.179. The molecule has 0 saturated carbocycles. The smallest absolute Gasteiger partial charge is 0.281 e. The molecule has 0 fully saturated rings. The topological polar surface area (TPSA) is 44.7 Å².